The van der Waals surface area contributed by atoms with Crippen LogP contribution in [-0.4, -0.2) is 46.3 Å². The number of nitrogens with zero attached hydrogens (tertiary/aromatic N) is 1. The normalized spacial score (nSPS) is 15.3. The fourth-order valence-corrected chi connectivity index (χ4v) is 2.29. The van der Waals surface area contributed by atoms with E-state index < -0.39 is 12.0 Å². The average molecular weight is 292 g/mol. The summed E-state index contributed by atoms with van der Waals surface area (Å²) >= 11 is 0. The zero-order valence-electron chi connectivity index (χ0n) is 11.7. The van der Waals surface area contributed by atoms with Crippen LogP contribution in [-0.2, 0) is 4.79 Å². The van der Waals surface area contributed by atoms with Gasteiger partial charge >= 0.3 is 12.0 Å². The molecule has 1 fully saturated rings. The predicted octanol–water partition coefficient (Wildman–Crippen LogP) is 1.37. The molecule has 0 bridgehead atoms. The van der Waals surface area contributed by atoms with Gasteiger partial charge in [-0.25, -0.2) is 4.79 Å². The number of carboxylic acid groups (broad SMARTS) is 1. The molecule has 0 aromatic heterocycles. The van der Waals surface area contributed by atoms with Crippen LogP contribution in [0.5, 0.6) is 0 Å². The molecule has 1 atom stereocenters. The van der Waals surface area contributed by atoms with Crippen LogP contribution in [0, 0.1) is 0 Å². The number of hydrogen-bond donors (Lipinski definition) is 3. The number of aliphatic hydroxyl groups is 1. The Labute approximate surface area is 123 Å². The average Bonchev–Trinajstić information content (AvgIpc) is 3.29. The van der Waals surface area contributed by atoms with Crippen molar-refractivity contribution in [1.82, 2.24) is 10.2 Å². The van der Waals surface area contributed by atoms with Crippen molar-refractivity contribution in [2.24, 2.45) is 0 Å². The van der Waals surface area contributed by atoms with E-state index in [0.717, 1.165) is 18.4 Å². The highest BCUT2D eigenvalue weighted by Crippen LogP contribution is 2.27. The van der Waals surface area contributed by atoms with Gasteiger partial charge in [0.15, 0.2) is 0 Å². The van der Waals surface area contributed by atoms with Crippen LogP contribution < -0.4 is 5.32 Å². The molecule has 1 aromatic rings. The predicted molar refractivity (Wildman–Crippen MR) is 76.8 cm³/mol. The molecular formula is C15H20N2O4. The van der Waals surface area contributed by atoms with Gasteiger partial charge in [-0.15, -0.1) is 0 Å². The van der Waals surface area contributed by atoms with Crippen molar-refractivity contribution in [3.05, 3.63) is 35.9 Å². The van der Waals surface area contributed by atoms with E-state index in [0.29, 0.717) is 0 Å². The number of benzene rings is 1. The van der Waals surface area contributed by atoms with Crippen molar-refractivity contribution in [3.63, 3.8) is 0 Å². The number of aliphatic hydroxyl groups excluding tert-OH is 1. The molecule has 1 saturated carbocycles. The molecule has 3 N–H and O–H groups in total. The molecule has 0 heterocycles. The number of rotatable bonds is 7. The zero-order chi connectivity index (χ0) is 15.2. The van der Waals surface area contributed by atoms with E-state index in [9.17, 15) is 9.59 Å². The van der Waals surface area contributed by atoms with Crippen molar-refractivity contribution in [2.75, 3.05) is 13.2 Å². The molecule has 0 aliphatic heterocycles. The van der Waals surface area contributed by atoms with Crippen LogP contribution in [0.3, 0.4) is 0 Å². The fourth-order valence-electron chi connectivity index (χ4n) is 2.29. The topological polar surface area (TPSA) is 89.9 Å². The van der Waals surface area contributed by atoms with Gasteiger partial charge in [-0.05, 0) is 18.4 Å². The molecule has 6 nitrogen and oxygen atoms in total. The summed E-state index contributed by atoms with van der Waals surface area (Å²) in [7, 11) is 0. The standard InChI is InChI=1S/C15H20N2O4/c18-9-8-17(12-6-7-12)15(21)16-13(10-14(19)20)11-4-2-1-3-5-11/h1-5,12-13,18H,6-10H2,(H,16,21)(H,19,20). The Morgan fingerprint density at radius 2 is 1.95 bits per heavy atom. The first-order valence-electron chi connectivity index (χ1n) is 7.06. The summed E-state index contributed by atoms with van der Waals surface area (Å²) in [5.41, 5.74) is 0.757. The number of aliphatic carboxylic acids is 1. The molecule has 2 rings (SSSR count). The summed E-state index contributed by atoms with van der Waals surface area (Å²) in [4.78, 5) is 24.9. The largest absolute Gasteiger partial charge is 0.481 e. The molecule has 1 aliphatic carbocycles. The van der Waals surface area contributed by atoms with Crippen LogP contribution in [0.1, 0.15) is 30.9 Å². The van der Waals surface area contributed by atoms with Crippen LogP contribution in [0.4, 0.5) is 4.79 Å². The number of carboxylic acids is 1. The summed E-state index contributed by atoms with van der Waals surface area (Å²) in [5, 5.41) is 20.8. The molecule has 0 spiro atoms. The van der Waals surface area contributed by atoms with Crippen LogP contribution in [0.2, 0.25) is 0 Å². The molecule has 114 valence electrons. The summed E-state index contributed by atoms with van der Waals surface area (Å²) in [5.74, 6) is -0.968. The minimum absolute atomic E-state index is 0.0984. The van der Waals surface area contributed by atoms with Gasteiger partial charge in [0, 0.05) is 12.6 Å². The van der Waals surface area contributed by atoms with E-state index in [1.165, 1.54) is 0 Å². The smallest absolute Gasteiger partial charge is 0.318 e. The second-order valence-electron chi connectivity index (χ2n) is 5.16. The Balaban J connectivity index is 2.06. The van der Waals surface area contributed by atoms with E-state index in [2.05, 4.69) is 5.32 Å². The van der Waals surface area contributed by atoms with Gasteiger partial charge in [-0.2, -0.15) is 0 Å². The first-order valence-corrected chi connectivity index (χ1v) is 7.06. The molecule has 1 aromatic carbocycles. The molecule has 1 aliphatic rings. The van der Waals surface area contributed by atoms with E-state index in [1.54, 1.807) is 17.0 Å². The second-order valence-corrected chi connectivity index (χ2v) is 5.16. The highest BCUT2D eigenvalue weighted by molar-refractivity contribution is 5.77. The van der Waals surface area contributed by atoms with Gasteiger partial charge in [0.05, 0.1) is 19.1 Å². The van der Waals surface area contributed by atoms with Crippen molar-refractivity contribution in [3.8, 4) is 0 Å². The number of hydrogen-bond acceptors (Lipinski definition) is 3. The maximum absolute atomic E-state index is 12.3. The Bertz CT molecular complexity index is 488. The zero-order valence-corrected chi connectivity index (χ0v) is 11.7. The van der Waals surface area contributed by atoms with E-state index in [-0.39, 0.29) is 31.6 Å². The van der Waals surface area contributed by atoms with E-state index in [4.69, 9.17) is 10.2 Å². The first-order chi connectivity index (χ1) is 10.1. The molecule has 21 heavy (non-hydrogen) atoms. The number of amides is 2. The van der Waals surface area contributed by atoms with E-state index >= 15 is 0 Å². The van der Waals surface area contributed by atoms with Crippen molar-refractivity contribution >= 4 is 12.0 Å². The quantitative estimate of drug-likeness (QED) is 0.708. The van der Waals surface area contributed by atoms with Crippen molar-refractivity contribution in [1.29, 1.82) is 0 Å². The summed E-state index contributed by atoms with van der Waals surface area (Å²) in [6, 6.07) is 8.32. The van der Waals surface area contributed by atoms with Crippen LogP contribution in [0.25, 0.3) is 0 Å². The molecule has 0 radical (unpaired) electrons. The van der Waals surface area contributed by atoms with Crippen molar-refractivity contribution in [2.45, 2.75) is 31.3 Å². The number of carbonyl (C=O) groups excluding carboxylic acids is 1. The monoisotopic (exact) mass is 292 g/mol. The number of carbonyl (C=O) groups is 2. The third kappa shape index (κ3) is 4.46. The summed E-state index contributed by atoms with van der Waals surface area (Å²) in [6.45, 7) is 0.171. The van der Waals surface area contributed by atoms with Gasteiger partial charge in [0.1, 0.15) is 0 Å². The lowest BCUT2D eigenvalue weighted by molar-refractivity contribution is -0.137. The first kappa shape index (κ1) is 15.3. The maximum atomic E-state index is 12.3. The number of urea groups is 1. The lowest BCUT2D eigenvalue weighted by atomic mass is 10.0. The minimum Gasteiger partial charge on any atom is -0.481 e. The van der Waals surface area contributed by atoms with Gasteiger partial charge in [-0.1, -0.05) is 30.3 Å². The fraction of sp³-hybridized carbons (Fsp3) is 0.467. The maximum Gasteiger partial charge on any atom is 0.318 e. The molecule has 6 heteroatoms. The Morgan fingerprint density at radius 1 is 1.29 bits per heavy atom. The lowest BCUT2D eigenvalue weighted by Gasteiger charge is -2.25. The van der Waals surface area contributed by atoms with Gasteiger partial charge < -0.3 is 20.4 Å². The minimum atomic E-state index is -0.968. The third-order valence-corrected chi connectivity index (χ3v) is 3.47. The molecular weight excluding hydrogens is 272 g/mol. The van der Waals surface area contributed by atoms with Crippen LogP contribution in [0.15, 0.2) is 30.3 Å². The number of nitrogens with one attached hydrogen (secondary N) is 1. The Morgan fingerprint density at radius 3 is 2.48 bits per heavy atom. The molecule has 0 saturated heterocycles. The highest BCUT2D eigenvalue weighted by atomic mass is 16.4. The van der Waals surface area contributed by atoms with Crippen LogP contribution >= 0.6 is 0 Å². The van der Waals surface area contributed by atoms with Gasteiger partial charge in [0.25, 0.3) is 0 Å². The molecule has 1 unspecified atom stereocenters. The summed E-state index contributed by atoms with van der Waals surface area (Å²) < 4.78 is 0. The molecule has 2 amide bonds. The lowest BCUT2D eigenvalue weighted by Crippen LogP contribution is -2.44. The SMILES string of the molecule is O=C(O)CC(NC(=O)N(CCO)C1CC1)c1ccccc1. The Kier molecular flexibility index (Phi) is 5.16. The summed E-state index contributed by atoms with van der Waals surface area (Å²) in [6.07, 6.45) is 1.69. The third-order valence-electron chi connectivity index (χ3n) is 3.47. The van der Waals surface area contributed by atoms with Crippen molar-refractivity contribution < 1.29 is 19.8 Å². The van der Waals surface area contributed by atoms with Gasteiger partial charge in [0.2, 0.25) is 0 Å². The Hall–Kier alpha value is -2.08. The van der Waals surface area contributed by atoms with E-state index in [1.807, 2.05) is 18.2 Å². The van der Waals surface area contributed by atoms with Gasteiger partial charge in [-0.3, -0.25) is 4.79 Å². The highest BCUT2D eigenvalue weighted by Gasteiger charge is 2.33. The second kappa shape index (κ2) is 7.08.